The maximum absolute atomic E-state index is 5.97. The first-order valence-electron chi connectivity index (χ1n) is 3.78. The summed E-state index contributed by atoms with van der Waals surface area (Å²) in [6.07, 6.45) is 1.65. The van der Waals surface area contributed by atoms with E-state index in [4.69, 9.17) is 17.3 Å². The van der Waals surface area contributed by atoms with Crippen molar-refractivity contribution < 1.29 is 0 Å². The molecule has 0 saturated carbocycles. The van der Waals surface area contributed by atoms with Gasteiger partial charge in [-0.15, -0.1) is 11.3 Å². The van der Waals surface area contributed by atoms with E-state index >= 15 is 0 Å². The molecule has 0 aromatic carbocycles. The van der Waals surface area contributed by atoms with Gasteiger partial charge in [-0.1, -0.05) is 32.4 Å². The SMILES string of the molecule is CC(C)(C)C(N)c1ncc(Cl)s1. The monoisotopic (exact) mass is 204 g/mol. The third-order valence-corrected chi connectivity index (χ3v) is 2.89. The zero-order valence-electron chi connectivity index (χ0n) is 7.47. The minimum atomic E-state index is -0.0324. The number of halogens is 1. The normalized spacial score (nSPS) is 14.8. The first kappa shape index (κ1) is 9.96. The number of aromatic nitrogens is 1. The lowest BCUT2D eigenvalue weighted by Gasteiger charge is -2.24. The average molecular weight is 205 g/mol. The maximum atomic E-state index is 5.97. The van der Waals surface area contributed by atoms with E-state index in [1.54, 1.807) is 6.20 Å². The Morgan fingerprint density at radius 3 is 2.50 bits per heavy atom. The van der Waals surface area contributed by atoms with E-state index in [2.05, 4.69) is 25.8 Å². The van der Waals surface area contributed by atoms with Crippen LogP contribution >= 0.6 is 22.9 Å². The summed E-state index contributed by atoms with van der Waals surface area (Å²) >= 11 is 7.21. The standard InChI is InChI=1S/C8H13ClN2S/c1-8(2,3)6(10)7-11-4-5(9)12-7/h4,6H,10H2,1-3H3. The molecule has 0 aliphatic heterocycles. The van der Waals surface area contributed by atoms with E-state index in [0.29, 0.717) is 4.34 Å². The van der Waals surface area contributed by atoms with Crippen molar-refractivity contribution in [1.29, 1.82) is 0 Å². The lowest BCUT2D eigenvalue weighted by Crippen LogP contribution is -2.25. The quantitative estimate of drug-likeness (QED) is 0.764. The summed E-state index contributed by atoms with van der Waals surface area (Å²) in [6.45, 7) is 6.27. The summed E-state index contributed by atoms with van der Waals surface area (Å²) in [5.74, 6) is 0. The molecule has 1 aromatic heterocycles. The highest BCUT2D eigenvalue weighted by atomic mass is 35.5. The third-order valence-electron chi connectivity index (χ3n) is 1.69. The van der Waals surface area contributed by atoms with Crippen LogP contribution in [-0.2, 0) is 0 Å². The van der Waals surface area contributed by atoms with E-state index in [0.717, 1.165) is 5.01 Å². The summed E-state index contributed by atoms with van der Waals surface area (Å²) in [7, 11) is 0. The summed E-state index contributed by atoms with van der Waals surface area (Å²) in [6, 6.07) is -0.0324. The lowest BCUT2D eigenvalue weighted by molar-refractivity contribution is 0.326. The molecule has 0 fully saturated rings. The van der Waals surface area contributed by atoms with E-state index in [1.165, 1.54) is 11.3 Å². The van der Waals surface area contributed by atoms with Crippen LogP contribution in [0, 0.1) is 5.41 Å². The number of rotatable bonds is 1. The van der Waals surface area contributed by atoms with Crippen LogP contribution < -0.4 is 5.73 Å². The highest BCUT2D eigenvalue weighted by Gasteiger charge is 2.24. The van der Waals surface area contributed by atoms with Crippen LogP contribution in [0.15, 0.2) is 6.20 Å². The van der Waals surface area contributed by atoms with Gasteiger partial charge in [0.25, 0.3) is 0 Å². The Morgan fingerprint density at radius 2 is 2.17 bits per heavy atom. The summed E-state index contributed by atoms with van der Waals surface area (Å²) in [5, 5.41) is 0.910. The van der Waals surface area contributed by atoms with Crippen LogP contribution in [0.25, 0.3) is 0 Å². The van der Waals surface area contributed by atoms with Crippen LogP contribution in [0.1, 0.15) is 31.8 Å². The highest BCUT2D eigenvalue weighted by Crippen LogP contribution is 2.33. The van der Waals surface area contributed by atoms with Crippen molar-refractivity contribution in [1.82, 2.24) is 4.98 Å². The zero-order valence-corrected chi connectivity index (χ0v) is 9.04. The van der Waals surface area contributed by atoms with E-state index < -0.39 is 0 Å². The van der Waals surface area contributed by atoms with Crippen molar-refractivity contribution in [2.75, 3.05) is 0 Å². The van der Waals surface area contributed by atoms with E-state index in [1.807, 2.05) is 0 Å². The Morgan fingerprint density at radius 1 is 1.58 bits per heavy atom. The van der Waals surface area contributed by atoms with E-state index in [9.17, 15) is 0 Å². The van der Waals surface area contributed by atoms with Crippen molar-refractivity contribution in [3.05, 3.63) is 15.5 Å². The van der Waals surface area contributed by atoms with Crippen molar-refractivity contribution in [3.63, 3.8) is 0 Å². The Kier molecular flexibility index (Phi) is 2.76. The molecule has 1 aromatic rings. The molecule has 0 aliphatic carbocycles. The Balaban J connectivity index is 2.85. The predicted octanol–water partition coefficient (Wildman–Crippen LogP) is 2.84. The molecule has 0 spiro atoms. The van der Waals surface area contributed by atoms with E-state index in [-0.39, 0.29) is 11.5 Å². The Hall–Kier alpha value is -0.120. The molecule has 0 bridgehead atoms. The van der Waals surface area contributed by atoms with Gasteiger partial charge in [0.15, 0.2) is 0 Å². The molecule has 68 valence electrons. The van der Waals surface area contributed by atoms with Crippen molar-refractivity contribution >= 4 is 22.9 Å². The summed E-state index contributed by atoms with van der Waals surface area (Å²) in [4.78, 5) is 4.14. The molecule has 2 nitrogen and oxygen atoms in total. The fraction of sp³-hybridized carbons (Fsp3) is 0.625. The summed E-state index contributed by atoms with van der Waals surface area (Å²) in [5.41, 5.74) is 6.02. The minimum absolute atomic E-state index is 0.0324. The number of nitrogens with zero attached hydrogens (tertiary/aromatic N) is 1. The zero-order chi connectivity index (χ0) is 9.35. The second-order valence-corrected chi connectivity index (χ2v) is 5.54. The van der Waals surface area contributed by atoms with Gasteiger partial charge in [-0.05, 0) is 5.41 Å². The first-order valence-corrected chi connectivity index (χ1v) is 4.97. The number of hydrogen-bond acceptors (Lipinski definition) is 3. The van der Waals surface area contributed by atoms with Gasteiger partial charge in [0, 0.05) is 0 Å². The second kappa shape index (κ2) is 3.32. The van der Waals surface area contributed by atoms with Gasteiger partial charge in [-0.2, -0.15) is 0 Å². The highest BCUT2D eigenvalue weighted by molar-refractivity contribution is 7.15. The fourth-order valence-electron chi connectivity index (χ4n) is 0.781. The third kappa shape index (κ3) is 2.19. The molecule has 4 heteroatoms. The van der Waals surface area contributed by atoms with Crippen LogP contribution in [0.3, 0.4) is 0 Å². The Labute approximate surface area is 81.8 Å². The van der Waals surface area contributed by atoms with Crippen molar-refractivity contribution in [2.45, 2.75) is 26.8 Å². The molecule has 12 heavy (non-hydrogen) atoms. The maximum Gasteiger partial charge on any atom is 0.113 e. The molecule has 0 saturated heterocycles. The Bertz CT molecular complexity index is 264. The number of thiazole rings is 1. The topological polar surface area (TPSA) is 38.9 Å². The van der Waals surface area contributed by atoms with Gasteiger partial charge in [0.2, 0.25) is 0 Å². The van der Waals surface area contributed by atoms with Crippen molar-refractivity contribution in [3.8, 4) is 0 Å². The molecule has 0 aliphatic rings. The van der Waals surface area contributed by atoms with Crippen LogP contribution in [0.2, 0.25) is 4.34 Å². The lowest BCUT2D eigenvalue weighted by atomic mass is 9.88. The van der Waals surface area contributed by atoms with Gasteiger partial charge >= 0.3 is 0 Å². The van der Waals surface area contributed by atoms with Crippen LogP contribution in [0.5, 0.6) is 0 Å². The molecule has 2 N–H and O–H groups in total. The fourth-order valence-corrected chi connectivity index (χ4v) is 1.96. The van der Waals surface area contributed by atoms with Gasteiger partial charge in [0.1, 0.15) is 9.34 Å². The molecule has 1 atom stereocenters. The number of nitrogens with two attached hydrogens (primary N) is 1. The van der Waals surface area contributed by atoms with Gasteiger partial charge in [-0.25, -0.2) is 4.98 Å². The average Bonchev–Trinajstić information content (AvgIpc) is 2.32. The van der Waals surface area contributed by atoms with Gasteiger partial charge in [0.05, 0.1) is 12.2 Å². The molecule has 1 rings (SSSR count). The minimum Gasteiger partial charge on any atom is -0.322 e. The largest absolute Gasteiger partial charge is 0.322 e. The molecule has 0 radical (unpaired) electrons. The molecule has 0 amide bonds. The van der Waals surface area contributed by atoms with Crippen LogP contribution in [-0.4, -0.2) is 4.98 Å². The smallest absolute Gasteiger partial charge is 0.113 e. The summed E-state index contributed by atoms with van der Waals surface area (Å²) < 4.78 is 0.699. The molecular weight excluding hydrogens is 192 g/mol. The predicted molar refractivity (Wildman–Crippen MR) is 53.5 cm³/mol. The van der Waals surface area contributed by atoms with Gasteiger partial charge < -0.3 is 5.73 Å². The second-order valence-electron chi connectivity index (χ2n) is 3.85. The molecular formula is C8H13ClN2S. The molecule has 1 heterocycles. The van der Waals surface area contributed by atoms with Crippen molar-refractivity contribution in [2.24, 2.45) is 11.1 Å². The number of hydrogen-bond donors (Lipinski definition) is 1. The van der Waals surface area contributed by atoms with Crippen LogP contribution in [0.4, 0.5) is 0 Å². The molecule has 1 unspecified atom stereocenters. The van der Waals surface area contributed by atoms with Gasteiger partial charge in [-0.3, -0.25) is 0 Å². The first-order chi connectivity index (χ1) is 5.41.